The van der Waals surface area contributed by atoms with Gasteiger partial charge in [0.1, 0.15) is 0 Å². The van der Waals surface area contributed by atoms with Gasteiger partial charge in [0.05, 0.1) is 5.69 Å². The highest BCUT2D eigenvalue weighted by atomic mass is 32.1. The molecule has 16 heavy (non-hydrogen) atoms. The molecule has 0 amide bonds. The van der Waals surface area contributed by atoms with Crippen LogP contribution in [-0.2, 0) is 0 Å². The van der Waals surface area contributed by atoms with Gasteiger partial charge < -0.3 is 5.32 Å². The molecule has 0 bridgehead atoms. The molecular weight excluding hydrogens is 216 g/mol. The topological polar surface area (TPSA) is 24.9 Å². The van der Waals surface area contributed by atoms with E-state index in [0.717, 1.165) is 28.5 Å². The molecule has 0 unspecified atom stereocenters. The highest BCUT2D eigenvalue weighted by molar-refractivity contribution is 7.14. The molecule has 2 nitrogen and oxygen atoms in total. The van der Waals surface area contributed by atoms with Gasteiger partial charge in [0, 0.05) is 17.5 Å². The molecule has 3 heteroatoms. The third-order valence-electron chi connectivity index (χ3n) is 2.12. The summed E-state index contributed by atoms with van der Waals surface area (Å²) in [7, 11) is 0. The molecule has 0 aliphatic rings. The normalized spacial score (nSPS) is 10.1. The Balaban J connectivity index is 2.11. The number of benzene rings is 1. The van der Waals surface area contributed by atoms with E-state index in [-0.39, 0.29) is 0 Å². The fourth-order valence-corrected chi connectivity index (χ4v) is 2.04. The van der Waals surface area contributed by atoms with Crippen molar-refractivity contribution in [2.75, 3.05) is 11.9 Å². The quantitative estimate of drug-likeness (QED) is 0.808. The summed E-state index contributed by atoms with van der Waals surface area (Å²) in [6.07, 6.45) is 0. The molecule has 0 atom stereocenters. The van der Waals surface area contributed by atoms with Crippen molar-refractivity contribution in [1.82, 2.24) is 4.98 Å². The summed E-state index contributed by atoms with van der Waals surface area (Å²) in [5, 5.41) is 6.25. The van der Waals surface area contributed by atoms with Crippen LogP contribution in [0.25, 0.3) is 11.3 Å². The van der Waals surface area contributed by atoms with E-state index < -0.39 is 0 Å². The smallest absolute Gasteiger partial charge is 0.183 e. The minimum atomic E-state index is 0.780. The highest BCUT2D eigenvalue weighted by Gasteiger charge is 2.02. The van der Waals surface area contributed by atoms with Crippen molar-refractivity contribution in [1.29, 1.82) is 0 Å². The Morgan fingerprint density at radius 3 is 2.81 bits per heavy atom. The van der Waals surface area contributed by atoms with Crippen LogP contribution in [0.15, 0.2) is 47.9 Å². The van der Waals surface area contributed by atoms with Crippen molar-refractivity contribution >= 4 is 16.5 Å². The van der Waals surface area contributed by atoms with Crippen LogP contribution in [0.4, 0.5) is 5.13 Å². The molecule has 0 fully saturated rings. The molecule has 0 radical (unpaired) electrons. The molecule has 0 saturated carbocycles. The minimum Gasteiger partial charge on any atom is -0.358 e. The second-order valence-electron chi connectivity index (χ2n) is 3.71. The second kappa shape index (κ2) is 4.94. The van der Waals surface area contributed by atoms with Crippen molar-refractivity contribution < 1.29 is 0 Å². The van der Waals surface area contributed by atoms with Crippen molar-refractivity contribution in [3.8, 4) is 11.3 Å². The number of hydrogen-bond donors (Lipinski definition) is 1. The van der Waals surface area contributed by atoms with E-state index in [4.69, 9.17) is 0 Å². The lowest BCUT2D eigenvalue weighted by Crippen LogP contribution is -2.00. The summed E-state index contributed by atoms with van der Waals surface area (Å²) in [4.78, 5) is 4.52. The van der Waals surface area contributed by atoms with Crippen LogP contribution in [0.3, 0.4) is 0 Å². The molecule has 1 aromatic heterocycles. The average Bonchev–Trinajstić information content (AvgIpc) is 2.76. The van der Waals surface area contributed by atoms with Crippen LogP contribution in [0.2, 0.25) is 0 Å². The van der Waals surface area contributed by atoms with Gasteiger partial charge in [-0.05, 0) is 6.92 Å². The third kappa shape index (κ3) is 2.70. The van der Waals surface area contributed by atoms with Gasteiger partial charge >= 0.3 is 0 Å². The average molecular weight is 230 g/mol. The predicted octanol–water partition coefficient (Wildman–Crippen LogP) is 3.80. The maximum atomic E-state index is 4.52. The van der Waals surface area contributed by atoms with Crippen LogP contribution in [0, 0.1) is 0 Å². The maximum Gasteiger partial charge on any atom is 0.183 e. The Hall–Kier alpha value is -1.61. The zero-order valence-corrected chi connectivity index (χ0v) is 10.1. The van der Waals surface area contributed by atoms with Gasteiger partial charge in [0.25, 0.3) is 0 Å². The lowest BCUT2D eigenvalue weighted by atomic mass is 10.2. The number of hydrogen-bond acceptors (Lipinski definition) is 3. The Kier molecular flexibility index (Phi) is 3.37. The van der Waals surface area contributed by atoms with Crippen molar-refractivity contribution in [2.45, 2.75) is 6.92 Å². The molecule has 0 aliphatic heterocycles. The van der Waals surface area contributed by atoms with E-state index in [1.54, 1.807) is 11.3 Å². The van der Waals surface area contributed by atoms with Gasteiger partial charge in [-0.3, -0.25) is 0 Å². The van der Waals surface area contributed by atoms with Crippen molar-refractivity contribution in [2.24, 2.45) is 0 Å². The highest BCUT2D eigenvalue weighted by Crippen LogP contribution is 2.24. The lowest BCUT2D eigenvalue weighted by Gasteiger charge is -2.00. The summed E-state index contributed by atoms with van der Waals surface area (Å²) in [5.74, 6) is 0. The van der Waals surface area contributed by atoms with Gasteiger partial charge in [-0.25, -0.2) is 4.98 Å². The lowest BCUT2D eigenvalue weighted by molar-refractivity contribution is 1.20. The first-order valence-corrected chi connectivity index (χ1v) is 6.03. The number of nitrogens with zero attached hydrogens (tertiary/aromatic N) is 1. The van der Waals surface area contributed by atoms with Crippen LogP contribution in [-0.4, -0.2) is 11.5 Å². The Morgan fingerprint density at radius 1 is 1.38 bits per heavy atom. The molecule has 0 aliphatic carbocycles. The summed E-state index contributed by atoms with van der Waals surface area (Å²) >= 11 is 1.62. The number of thiazole rings is 1. The number of nitrogens with one attached hydrogen (secondary N) is 1. The second-order valence-corrected chi connectivity index (χ2v) is 4.57. The van der Waals surface area contributed by atoms with E-state index in [2.05, 4.69) is 34.4 Å². The molecule has 1 aromatic carbocycles. The molecule has 0 saturated heterocycles. The largest absolute Gasteiger partial charge is 0.358 e. The summed E-state index contributed by atoms with van der Waals surface area (Å²) in [6.45, 7) is 6.63. The first-order chi connectivity index (χ1) is 7.75. The third-order valence-corrected chi connectivity index (χ3v) is 2.92. The molecular formula is C13H14N2S. The summed E-state index contributed by atoms with van der Waals surface area (Å²) in [5.41, 5.74) is 3.29. The van der Waals surface area contributed by atoms with E-state index in [0.29, 0.717) is 0 Å². The van der Waals surface area contributed by atoms with E-state index in [1.807, 2.05) is 25.1 Å². The molecule has 0 spiro atoms. The van der Waals surface area contributed by atoms with Crippen LogP contribution < -0.4 is 5.32 Å². The number of rotatable bonds is 4. The van der Waals surface area contributed by atoms with Gasteiger partial charge in [-0.15, -0.1) is 11.3 Å². The van der Waals surface area contributed by atoms with Crippen molar-refractivity contribution in [3.05, 3.63) is 47.9 Å². The Morgan fingerprint density at radius 2 is 2.12 bits per heavy atom. The summed E-state index contributed by atoms with van der Waals surface area (Å²) < 4.78 is 0. The van der Waals surface area contributed by atoms with E-state index >= 15 is 0 Å². The minimum absolute atomic E-state index is 0.780. The predicted molar refractivity (Wildman–Crippen MR) is 70.9 cm³/mol. The number of anilines is 1. The zero-order chi connectivity index (χ0) is 11.4. The van der Waals surface area contributed by atoms with Crippen LogP contribution >= 0.6 is 11.3 Å². The first-order valence-electron chi connectivity index (χ1n) is 5.15. The number of aromatic nitrogens is 1. The Labute approximate surface area is 99.7 Å². The van der Waals surface area contributed by atoms with Crippen molar-refractivity contribution in [3.63, 3.8) is 0 Å². The standard InChI is InChI=1S/C13H14N2S/c1-10(2)8-14-13-15-12(9-16-13)11-6-4-3-5-7-11/h3-7,9H,1,8H2,2H3,(H,14,15). The molecule has 2 rings (SSSR count). The van der Waals surface area contributed by atoms with Crippen LogP contribution in [0.1, 0.15) is 6.92 Å². The SMILES string of the molecule is C=C(C)CNc1nc(-c2ccccc2)cs1. The molecule has 1 heterocycles. The maximum absolute atomic E-state index is 4.52. The van der Waals surface area contributed by atoms with Gasteiger partial charge in [-0.1, -0.05) is 42.5 Å². The Bertz CT molecular complexity index is 474. The molecule has 82 valence electrons. The fourth-order valence-electron chi connectivity index (χ4n) is 1.32. The fraction of sp³-hybridized carbons (Fsp3) is 0.154. The molecule has 2 aromatic rings. The van der Waals surface area contributed by atoms with Crippen LogP contribution in [0.5, 0.6) is 0 Å². The summed E-state index contributed by atoms with van der Waals surface area (Å²) in [6, 6.07) is 10.2. The van der Waals surface area contributed by atoms with Gasteiger partial charge in [0.15, 0.2) is 5.13 Å². The molecule has 1 N–H and O–H groups in total. The zero-order valence-electron chi connectivity index (χ0n) is 9.23. The van der Waals surface area contributed by atoms with Gasteiger partial charge in [-0.2, -0.15) is 0 Å². The van der Waals surface area contributed by atoms with E-state index in [9.17, 15) is 0 Å². The first kappa shape index (κ1) is 10.9. The van der Waals surface area contributed by atoms with Gasteiger partial charge in [0.2, 0.25) is 0 Å². The van der Waals surface area contributed by atoms with E-state index in [1.165, 1.54) is 0 Å². The monoisotopic (exact) mass is 230 g/mol.